The van der Waals surface area contributed by atoms with Gasteiger partial charge in [-0.05, 0) is 25.5 Å². The van der Waals surface area contributed by atoms with E-state index in [0.717, 1.165) is 11.1 Å². The zero-order valence-corrected chi connectivity index (χ0v) is 11.8. The van der Waals surface area contributed by atoms with E-state index in [2.05, 4.69) is 0 Å². The fourth-order valence-electron chi connectivity index (χ4n) is 2.27. The predicted octanol–water partition coefficient (Wildman–Crippen LogP) is 2.50. The van der Waals surface area contributed by atoms with Gasteiger partial charge in [0.2, 0.25) is 5.78 Å². The molecule has 0 unspecified atom stereocenters. The van der Waals surface area contributed by atoms with E-state index in [9.17, 15) is 9.59 Å². The van der Waals surface area contributed by atoms with Gasteiger partial charge < -0.3 is 9.67 Å². The van der Waals surface area contributed by atoms with Gasteiger partial charge in [0.15, 0.2) is 0 Å². The minimum absolute atomic E-state index is 0.0799. The number of aromatic nitrogens is 1. The molecule has 0 aliphatic rings. The van der Waals surface area contributed by atoms with Crippen molar-refractivity contribution in [2.24, 2.45) is 7.05 Å². The Morgan fingerprint density at radius 1 is 1.15 bits per heavy atom. The van der Waals surface area contributed by atoms with Gasteiger partial charge in [0, 0.05) is 18.3 Å². The standard InChI is InChI=1S/C16H17NO3/c1-10-4-6-12(7-5-10)16(20)14-8-11(2)13(17(14)3)9-15(18)19/h4-8H,9H2,1-3H3,(H,18,19). The van der Waals surface area contributed by atoms with Crippen LogP contribution in [0.3, 0.4) is 0 Å². The Balaban J connectivity index is 2.40. The van der Waals surface area contributed by atoms with E-state index >= 15 is 0 Å². The molecule has 4 heteroatoms. The lowest BCUT2D eigenvalue weighted by atomic mass is 10.1. The van der Waals surface area contributed by atoms with Gasteiger partial charge >= 0.3 is 5.97 Å². The van der Waals surface area contributed by atoms with Crippen molar-refractivity contribution in [2.45, 2.75) is 20.3 Å². The zero-order chi connectivity index (χ0) is 14.9. The number of ketones is 1. The molecule has 1 aromatic heterocycles. The zero-order valence-electron chi connectivity index (χ0n) is 11.8. The van der Waals surface area contributed by atoms with Crippen LogP contribution in [0.4, 0.5) is 0 Å². The topological polar surface area (TPSA) is 59.3 Å². The van der Waals surface area contributed by atoms with Gasteiger partial charge in [-0.25, -0.2) is 0 Å². The van der Waals surface area contributed by atoms with Crippen LogP contribution in [0.2, 0.25) is 0 Å². The van der Waals surface area contributed by atoms with E-state index < -0.39 is 5.97 Å². The third-order valence-corrected chi connectivity index (χ3v) is 3.44. The molecule has 1 heterocycles. The summed E-state index contributed by atoms with van der Waals surface area (Å²) in [5.74, 6) is -0.990. The minimum Gasteiger partial charge on any atom is -0.481 e. The second-order valence-electron chi connectivity index (χ2n) is 4.98. The summed E-state index contributed by atoms with van der Waals surface area (Å²) >= 11 is 0. The molecule has 1 N–H and O–H groups in total. The third-order valence-electron chi connectivity index (χ3n) is 3.44. The Morgan fingerprint density at radius 2 is 1.75 bits per heavy atom. The van der Waals surface area contributed by atoms with Crippen LogP contribution in [0.15, 0.2) is 30.3 Å². The molecular formula is C16H17NO3. The van der Waals surface area contributed by atoms with Gasteiger partial charge in [0.05, 0.1) is 12.1 Å². The number of hydrogen-bond acceptors (Lipinski definition) is 2. The summed E-state index contributed by atoms with van der Waals surface area (Å²) in [5, 5.41) is 8.91. The Kier molecular flexibility index (Phi) is 3.74. The van der Waals surface area contributed by atoms with Crippen molar-refractivity contribution < 1.29 is 14.7 Å². The molecule has 0 aliphatic heterocycles. The van der Waals surface area contributed by atoms with Crippen LogP contribution in [-0.4, -0.2) is 21.4 Å². The highest BCUT2D eigenvalue weighted by atomic mass is 16.4. The molecule has 0 aliphatic carbocycles. The summed E-state index contributed by atoms with van der Waals surface area (Å²) < 4.78 is 1.67. The van der Waals surface area contributed by atoms with E-state index in [0.29, 0.717) is 17.0 Å². The van der Waals surface area contributed by atoms with Crippen LogP contribution in [0, 0.1) is 13.8 Å². The van der Waals surface area contributed by atoms with E-state index in [1.807, 2.05) is 26.0 Å². The van der Waals surface area contributed by atoms with Crippen LogP contribution >= 0.6 is 0 Å². The molecule has 1 aromatic carbocycles. The van der Waals surface area contributed by atoms with E-state index in [1.165, 1.54) is 0 Å². The van der Waals surface area contributed by atoms with Gasteiger partial charge in [0.25, 0.3) is 0 Å². The van der Waals surface area contributed by atoms with E-state index in [4.69, 9.17) is 5.11 Å². The van der Waals surface area contributed by atoms with Crippen molar-refractivity contribution in [3.8, 4) is 0 Å². The third kappa shape index (κ3) is 2.64. The number of aliphatic carboxylic acids is 1. The molecule has 104 valence electrons. The summed E-state index contributed by atoms with van der Waals surface area (Å²) in [6.45, 7) is 3.79. The van der Waals surface area contributed by atoms with Crippen molar-refractivity contribution in [3.05, 3.63) is 58.4 Å². The first-order valence-electron chi connectivity index (χ1n) is 6.38. The first-order valence-corrected chi connectivity index (χ1v) is 6.38. The van der Waals surface area contributed by atoms with Crippen LogP contribution in [0.25, 0.3) is 0 Å². The van der Waals surface area contributed by atoms with Gasteiger partial charge in [-0.1, -0.05) is 29.8 Å². The van der Waals surface area contributed by atoms with Crippen molar-refractivity contribution >= 4 is 11.8 Å². The number of carboxylic acid groups (broad SMARTS) is 1. The largest absolute Gasteiger partial charge is 0.481 e. The van der Waals surface area contributed by atoms with Crippen LogP contribution in [-0.2, 0) is 18.3 Å². The lowest BCUT2D eigenvalue weighted by Gasteiger charge is -2.06. The average Bonchev–Trinajstić information content (AvgIpc) is 2.66. The molecule has 0 fully saturated rings. The monoisotopic (exact) mass is 271 g/mol. The highest BCUT2D eigenvalue weighted by Crippen LogP contribution is 2.18. The molecule has 0 spiro atoms. The molecule has 0 atom stereocenters. The van der Waals surface area contributed by atoms with Crippen molar-refractivity contribution in [1.29, 1.82) is 0 Å². The predicted molar refractivity (Wildman–Crippen MR) is 76.1 cm³/mol. The molecule has 0 saturated carbocycles. The molecule has 0 bridgehead atoms. The number of nitrogens with zero attached hydrogens (tertiary/aromatic N) is 1. The Morgan fingerprint density at radius 3 is 2.30 bits per heavy atom. The fourth-order valence-corrected chi connectivity index (χ4v) is 2.27. The van der Waals surface area contributed by atoms with Gasteiger partial charge in [0.1, 0.15) is 0 Å². The number of hydrogen-bond donors (Lipinski definition) is 1. The van der Waals surface area contributed by atoms with Crippen molar-refractivity contribution in [2.75, 3.05) is 0 Å². The molecule has 20 heavy (non-hydrogen) atoms. The first-order chi connectivity index (χ1) is 9.40. The fraction of sp³-hybridized carbons (Fsp3) is 0.250. The summed E-state index contributed by atoms with van der Waals surface area (Å²) in [5.41, 5.74) is 3.70. The second kappa shape index (κ2) is 5.33. The number of carbonyl (C=O) groups is 2. The van der Waals surface area contributed by atoms with Gasteiger partial charge in [-0.2, -0.15) is 0 Å². The minimum atomic E-state index is -0.899. The van der Waals surface area contributed by atoms with Crippen LogP contribution in [0.1, 0.15) is 32.9 Å². The summed E-state index contributed by atoms with van der Waals surface area (Å²) in [7, 11) is 1.73. The highest BCUT2D eigenvalue weighted by Gasteiger charge is 2.18. The van der Waals surface area contributed by atoms with Crippen LogP contribution in [0.5, 0.6) is 0 Å². The maximum absolute atomic E-state index is 12.5. The van der Waals surface area contributed by atoms with E-state index in [1.54, 1.807) is 29.8 Å². The van der Waals surface area contributed by atoms with Gasteiger partial charge in [-0.15, -0.1) is 0 Å². The number of benzene rings is 1. The molecule has 0 radical (unpaired) electrons. The Labute approximate surface area is 117 Å². The Bertz CT molecular complexity index is 666. The number of rotatable bonds is 4. The number of aryl methyl sites for hydroxylation is 2. The molecule has 2 aromatic rings. The summed E-state index contributed by atoms with van der Waals surface area (Å²) in [6, 6.07) is 9.11. The van der Waals surface area contributed by atoms with E-state index in [-0.39, 0.29) is 12.2 Å². The normalized spacial score (nSPS) is 10.6. The smallest absolute Gasteiger partial charge is 0.309 e. The Hall–Kier alpha value is -2.36. The summed E-state index contributed by atoms with van der Waals surface area (Å²) in [4.78, 5) is 23.3. The quantitative estimate of drug-likeness (QED) is 0.869. The maximum Gasteiger partial charge on any atom is 0.309 e. The van der Waals surface area contributed by atoms with Crippen molar-refractivity contribution in [1.82, 2.24) is 4.57 Å². The van der Waals surface area contributed by atoms with Gasteiger partial charge in [-0.3, -0.25) is 9.59 Å². The molecule has 2 rings (SSSR count). The lowest BCUT2D eigenvalue weighted by molar-refractivity contribution is -0.136. The van der Waals surface area contributed by atoms with Crippen LogP contribution < -0.4 is 0 Å². The molecular weight excluding hydrogens is 254 g/mol. The average molecular weight is 271 g/mol. The number of carbonyl (C=O) groups excluding carboxylic acids is 1. The molecule has 0 saturated heterocycles. The van der Waals surface area contributed by atoms with Crippen molar-refractivity contribution in [3.63, 3.8) is 0 Å². The molecule has 0 amide bonds. The number of carboxylic acids is 1. The maximum atomic E-state index is 12.5. The second-order valence-corrected chi connectivity index (χ2v) is 4.98. The first kappa shape index (κ1) is 14.1. The summed E-state index contributed by atoms with van der Waals surface area (Å²) in [6.07, 6.45) is -0.0799. The lowest BCUT2D eigenvalue weighted by Crippen LogP contribution is -2.11. The highest BCUT2D eigenvalue weighted by molar-refractivity contribution is 6.08. The SMILES string of the molecule is Cc1ccc(C(=O)c2cc(C)c(CC(=O)O)n2C)cc1. The molecule has 4 nitrogen and oxygen atoms in total.